The number of rotatable bonds is 22. The molecule has 49 heavy (non-hydrogen) atoms. The highest BCUT2D eigenvalue weighted by atomic mass is 32.1. The second kappa shape index (κ2) is 20.9. The number of hydrogen-bond donors (Lipinski definition) is 3. The van der Waals surface area contributed by atoms with Gasteiger partial charge in [0.1, 0.15) is 17.2 Å². The monoisotopic (exact) mass is 700 g/mol. The number of anilines is 1. The van der Waals surface area contributed by atoms with Crippen LogP contribution >= 0.6 is 11.3 Å². The molecule has 1 heterocycles. The fraction of sp³-hybridized carbons (Fsp3) is 0.658. The van der Waals surface area contributed by atoms with Crippen LogP contribution in [0.1, 0.15) is 140 Å². The number of aromatic nitrogens is 1. The van der Waals surface area contributed by atoms with Crippen molar-refractivity contribution in [3.8, 4) is 0 Å². The minimum atomic E-state index is -0.932. The van der Waals surface area contributed by atoms with E-state index in [9.17, 15) is 19.2 Å². The number of ether oxygens (including phenoxy) is 1. The van der Waals surface area contributed by atoms with E-state index >= 15 is 0 Å². The third-order valence-corrected chi connectivity index (χ3v) is 9.29. The minimum Gasteiger partial charge on any atom is -0.480 e. The number of carboxylic acids is 1. The van der Waals surface area contributed by atoms with Crippen molar-refractivity contribution in [2.45, 2.75) is 138 Å². The summed E-state index contributed by atoms with van der Waals surface area (Å²) in [6, 6.07) is 7.21. The van der Waals surface area contributed by atoms with Gasteiger partial charge in [-0.2, -0.15) is 0 Å². The van der Waals surface area contributed by atoms with Crippen LogP contribution in [0.4, 0.5) is 5.69 Å². The molecule has 3 N–H and O–H groups in total. The highest BCUT2D eigenvalue weighted by Gasteiger charge is 2.32. The SMILES string of the molecule is CCCCCCN(C(=O)CCCC)C(CC(OC(C)=O)c1nc(C(=O)NC(Cc2ccc(NCC(=O)O)cc2)CC(C)(C)C)cs1)C(C)C. The Morgan fingerprint density at radius 1 is 1.00 bits per heavy atom. The van der Waals surface area contributed by atoms with Gasteiger partial charge in [0.05, 0.1) is 0 Å². The fourth-order valence-electron chi connectivity index (χ4n) is 5.97. The summed E-state index contributed by atoms with van der Waals surface area (Å²) >= 11 is 1.29. The van der Waals surface area contributed by atoms with Gasteiger partial charge in [-0.15, -0.1) is 11.3 Å². The quantitative estimate of drug-likeness (QED) is 0.0829. The number of nitrogens with zero attached hydrogens (tertiary/aromatic N) is 2. The van der Waals surface area contributed by atoms with E-state index in [-0.39, 0.29) is 47.5 Å². The van der Waals surface area contributed by atoms with Crippen molar-refractivity contribution < 1.29 is 29.0 Å². The first kappa shape index (κ1) is 41.7. The minimum absolute atomic E-state index is 0.0581. The molecule has 0 saturated carbocycles. The van der Waals surface area contributed by atoms with Crippen LogP contribution in [0.25, 0.3) is 0 Å². The summed E-state index contributed by atoms with van der Waals surface area (Å²) in [6.45, 7) is 16.7. The number of esters is 1. The summed E-state index contributed by atoms with van der Waals surface area (Å²) in [5.74, 6) is -1.41. The summed E-state index contributed by atoms with van der Waals surface area (Å²) in [5.41, 5.74) is 1.93. The lowest BCUT2D eigenvalue weighted by Crippen LogP contribution is -2.45. The van der Waals surface area contributed by atoms with Crippen LogP contribution in [0.15, 0.2) is 29.6 Å². The molecule has 0 aliphatic carbocycles. The molecule has 3 atom stereocenters. The highest BCUT2D eigenvalue weighted by Crippen LogP contribution is 2.32. The summed E-state index contributed by atoms with van der Waals surface area (Å²) in [6.07, 6.45) is 7.52. The standard InChI is InChI=1S/C38H60N4O6S/c1-9-11-13-14-20-42(34(44)15-12-10-2)32(26(3)4)22-33(48-27(5)43)37-41-31(25-49-37)36(47)40-30(23-38(6,7)8)21-28-16-18-29(19-17-28)39-24-35(45)46/h16-19,25-26,30,32-33,39H,9-15,20-24H2,1-8H3,(H,40,47)(H,45,46). The van der Waals surface area contributed by atoms with Gasteiger partial charge < -0.3 is 25.4 Å². The van der Waals surface area contributed by atoms with Crippen molar-refractivity contribution in [1.82, 2.24) is 15.2 Å². The normalized spacial score (nSPS) is 13.4. The fourth-order valence-corrected chi connectivity index (χ4v) is 6.81. The predicted octanol–water partition coefficient (Wildman–Crippen LogP) is 8.03. The number of hydrogen-bond acceptors (Lipinski definition) is 8. The zero-order chi connectivity index (χ0) is 36.6. The molecule has 3 unspecified atom stereocenters. The largest absolute Gasteiger partial charge is 0.480 e. The number of amides is 2. The Bertz CT molecular complexity index is 1320. The molecule has 11 heteroatoms. The van der Waals surface area contributed by atoms with Crippen molar-refractivity contribution in [2.24, 2.45) is 11.3 Å². The molecule has 1 aromatic heterocycles. The first-order valence-electron chi connectivity index (χ1n) is 17.9. The lowest BCUT2D eigenvalue weighted by Gasteiger charge is -2.36. The van der Waals surface area contributed by atoms with Gasteiger partial charge >= 0.3 is 11.9 Å². The first-order chi connectivity index (χ1) is 23.1. The van der Waals surface area contributed by atoms with Crippen molar-refractivity contribution in [2.75, 3.05) is 18.4 Å². The molecular weight excluding hydrogens is 641 g/mol. The van der Waals surface area contributed by atoms with E-state index in [4.69, 9.17) is 9.84 Å². The van der Waals surface area contributed by atoms with Gasteiger partial charge in [0.25, 0.3) is 5.91 Å². The van der Waals surface area contributed by atoms with E-state index in [0.717, 1.165) is 50.5 Å². The maximum atomic E-state index is 13.6. The molecule has 0 aliphatic heterocycles. The van der Waals surface area contributed by atoms with Crippen LogP contribution in [-0.4, -0.2) is 63.9 Å². The second-order valence-corrected chi connectivity index (χ2v) is 15.4. The molecule has 2 rings (SSSR count). The van der Waals surface area contributed by atoms with Crippen LogP contribution in [0, 0.1) is 11.3 Å². The zero-order valence-electron chi connectivity index (χ0n) is 31.0. The summed E-state index contributed by atoms with van der Waals surface area (Å²) in [5, 5.41) is 17.2. The number of carbonyl (C=O) groups excluding carboxylic acids is 3. The van der Waals surface area contributed by atoms with Crippen LogP contribution in [0.2, 0.25) is 0 Å². The predicted molar refractivity (Wildman–Crippen MR) is 197 cm³/mol. The summed E-state index contributed by atoms with van der Waals surface area (Å²) in [7, 11) is 0. The number of aliphatic carboxylic acids is 1. The molecule has 1 aromatic carbocycles. The third-order valence-electron chi connectivity index (χ3n) is 8.35. The Morgan fingerprint density at radius 2 is 1.67 bits per heavy atom. The summed E-state index contributed by atoms with van der Waals surface area (Å²) < 4.78 is 5.83. The number of nitrogens with one attached hydrogen (secondary N) is 2. The van der Waals surface area contributed by atoms with E-state index in [2.05, 4.69) is 64.1 Å². The molecule has 0 radical (unpaired) electrons. The lowest BCUT2D eigenvalue weighted by molar-refractivity contribution is -0.148. The second-order valence-electron chi connectivity index (χ2n) is 14.6. The molecule has 0 saturated heterocycles. The van der Waals surface area contributed by atoms with Gasteiger partial charge in [-0.05, 0) is 54.7 Å². The highest BCUT2D eigenvalue weighted by molar-refractivity contribution is 7.09. The van der Waals surface area contributed by atoms with Crippen molar-refractivity contribution in [1.29, 1.82) is 0 Å². The zero-order valence-corrected chi connectivity index (χ0v) is 31.8. The number of benzene rings is 1. The number of carboxylic acid groups (broad SMARTS) is 1. The molecule has 2 amide bonds. The molecular formula is C38H60N4O6S. The Balaban J connectivity index is 2.28. The van der Waals surface area contributed by atoms with Crippen molar-refractivity contribution in [3.63, 3.8) is 0 Å². The first-order valence-corrected chi connectivity index (χ1v) is 18.8. The number of thiazole rings is 1. The topological polar surface area (TPSA) is 138 Å². The van der Waals surface area contributed by atoms with Gasteiger partial charge in [-0.1, -0.05) is 86.3 Å². The molecule has 274 valence electrons. The average molecular weight is 701 g/mol. The van der Waals surface area contributed by atoms with Crippen molar-refractivity contribution in [3.05, 3.63) is 45.9 Å². The maximum Gasteiger partial charge on any atom is 0.322 e. The Kier molecular flexibility index (Phi) is 17.8. The van der Waals surface area contributed by atoms with E-state index < -0.39 is 18.0 Å². The third kappa shape index (κ3) is 15.7. The van der Waals surface area contributed by atoms with Crippen molar-refractivity contribution >= 4 is 40.8 Å². The van der Waals surface area contributed by atoms with E-state index in [1.165, 1.54) is 18.3 Å². The van der Waals surface area contributed by atoms with Gasteiger partial charge in [0.15, 0.2) is 6.10 Å². The van der Waals surface area contributed by atoms with Crippen LogP contribution in [0.3, 0.4) is 0 Å². The molecule has 0 aliphatic rings. The van der Waals surface area contributed by atoms with Gasteiger partial charge in [-0.3, -0.25) is 19.2 Å². The molecule has 0 spiro atoms. The van der Waals surface area contributed by atoms with E-state index in [1.54, 1.807) is 5.38 Å². The van der Waals surface area contributed by atoms with Crippen LogP contribution < -0.4 is 10.6 Å². The Morgan fingerprint density at radius 3 is 2.24 bits per heavy atom. The smallest absolute Gasteiger partial charge is 0.322 e. The van der Waals surface area contributed by atoms with Crippen LogP contribution in [0.5, 0.6) is 0 Å². The molecule has 0 fully saturated rings. The molecule has 0 bridgehead atoms. The molecule has 10 nitrogen and oxygen atoms in total. The maximum absolute atomic E-state index is 13.6. The molecule has 2 aromatic rings. The van der Waals surface area contributed by atoms with Gasteiger partial charge in [0, 0.05) is 49.5 Å². The summed E-state index contributed by atoms with van der Waals surface area (Å²) in [4.78, 5) is 57.0. The average Bonchev–Trinajstić information content (AvgIpc) is 3.51. The van der Waals surface area contributed by atoms with Gasteiger partial charge in [0.2, 0.25) is 5.91 Å². The van der Waals surface area contributed by atoms with E-state index in [1.807, 2.05) is 29.2 Å². The van der Waals surface area contributed by atoms with Crippen LogP contribution in [-0.2, 0) is 25.5 Å². The Hall–Kier alpha value is -3.47. The number of unbranched alkanes of at least 4 members (excludes halogenated alkanes) is 4. The number of carbonyl (C=O) groups is 4. The Labute approximate surface area is 297 Å². The lowest BCUT2D eigenvalue weighted by atomic mass is 9.85. The van der Waals surface area contributed by atoms with Gasteiger partial charge in [-0.25, -0.2) is 4.98 Å². The van der Waals surface area contributed by atoms with E-state index in [0.29, 0.717) is 36.5 Å².